The molecule has 0 radical (unpaired) electrons. The van der Waals surface area contributed by atoms with Gasteiger partial charge in [-0.05, 0) is 45.7 Å². The first-order valence-electron chi connectivity index (χ1n) is 7.92. The highest BCUT2D eigenvalue weighted by Gasteiger charge is 2.21. The van der Waals surface area contributed by atoms with E-state index in [2.05, 4.69) is 20.6 Å². The average molecular weight is 309 g/mol. The van der Waals surface area contributed by atoms with Gasteiger partial charge in [0.05, 0.1) is 18.4 Å². The maximum absolute atomic E-state index is 12.0. The fourth-order valence-corrected chi connectivity index (χ4v) is 2.69. The van der Waals surface area contributed by atoms with Crippen molar-refractivity contribution in [1.82, 2.24) is 20.0 Å². The Morgan fingerprint density at radius 1 is 1.41 bits per heavy atom. The molecule has 1 saturated carbocycles. The van der Waals surface area contributed by atoms with E-state index in [1.807, 2.05) is 25.0 Å². The van der Waals surface area contributed by atoms with Crippen LogP contribution < -0.4 is 10.6 Å². The van der Waals surface area contributed by atoms with Gasteiger partial charge in [0, 0.05) is 25.4 Å². The fourth-order valence-electron chi connectivity index (χ4n) is 2.69. The molecule has 0 spiro atoms. The van der Waals surface area contributed by atoms with Gasteiger partial charge in [-0.25, -0.2) is 4.79 Å². The van der Waals surface area contributed by atoms with Crippen LogP contribution in [0.25, 0.3) is 0 Å². The molecule has 1 aliphatic rings. The summed E-state index contributed by atoms with van der Waals surface area (Å²) in [7, 11) is 4.03. The largest absolute Gasteiger partial charge is 0.396 e. The summed E-state index contributed by atoms with van der Waals surface area (Å²) in [4.78, 5) is 14.1. The van der Waals surface area contributed by atoms with Crippen molar-refractivity contribution < 1.29 is 9.90 Å². The number of aliphatic hydroxyl groups excluding tert-OH is 1. The molecule has 0 bridgehead atoms. The Morgan fingerprint density at radius 3 is 2.77 bits per heavy atom. The Morgan fingerprint density at radius 2 is 2.14 bits per heavy atom. The molecule has 7 nitrogen and oxygen atoms in total. The Hall–Kier alpha value is -1.60. The smallest absolute Gasteiger partial charge is 0.319 e. The van der Waals surface area contributed by atoms with Gasteiger partial charge in [0.1, 0.15) is 0 Å². The molecule has 0 aliphatic heterocycles. The Balaban J connectivity index is 1.73. The number of hydrogen-bond acceptors (Lipinski definition) is 4. The second-order valence-corrected chi connectivity index (χ2v) is 6.29. The van der Waals surface area contributed by atoms with Crippen molar-refractivity contribution in [2.75, 3.05) is 32.6 Å². The van der Waals surface area contributed by atoms with Gasteiger partial charge >= 0.3 is 6.03 Å². The first-order chi connectivity index (χ1) is 10.6. The molecular weight excluding hydrogens is 282 g/mol. The van der Waals surface area contributed by atoms with Crippen molar-refractivity contribution in [3.8, 4) is 0 Å². The molecular formula is C15H27N5O2. The number of aliphatic hydroxyl groups is 1. The Labute approximate surface area is 131 Å². The predicted molar refractivity (Wildman–Crippen MR) is 85.8 cm³/mol. The summed E-state index contributed by atoms with van der Waals surface area (Å²) in [5.41, 5.74) is 0.709. The molecule has 1 fully saturated rings. The van der Waals surface area contributed by atoms with E-state index in [0.29, 0.717) is 11.6 Å². The minimum Gasteiger partial charge on any atom is -0.396 e. The lowest BCUT2D eigenvalue weighted by atomic mass is 9.87. The molecule has 0 aromatic carbocycles. The van der Waals surface area contributed by atoms with Gasteiger partial charge in [0.25, 0.3) is 0 Å². The molecule has 0 atom stereocenters. The first-order valence-corrected chi connectivity index (χ1v) is 7.92. The second-order valence-electron chi connectivity index (χ2n) is 6.29. The van der Waals surface area contributed by atoms with E-state index in [-0.39, 0.29) is 18.7 Å². The number of anilines is 1. The predicted octanol–water partition coefficient (Wildman–Crippen LogP) is 1.12. The monoisotopic (exact) mass is 309 g/mol. The van der Waals surface area contributed by atoms with Crippen molar-refractivity contribution in [2.45, 2.75) is 38.3 Å². The molecule has 2 amide bonds. The zero-order chi connectivity index (χ0) is 15.9. The van der Waals surface area contributed by atoms with Gasteiger partial charge in [-0.3, -0.25) is 4.68 Å². The summed E-state index contributed by atoms with van der Waals surface area (Å²) in [6, 6.07) is 0.0196. The molecule has 2 rings (SSSR count). The molecule has 1 aromatic rings. The van der Waals surface area contributed by atoms with Crippen LogP contribution in [0.2, 0.25) is 0 Å². The van der Waals surface area contributed by atoms with Gasteiger partial charge < -0.3 is 20.6 Å². The van der Waals surface area contributed by atoms with E-state index in [1.54, 1.807) is 6.20 Å². The number of nitrogens with one attached hydrogen (secondary N) is 2. The van der Waals surface area contributed by atoms with Gasteiger partial charge in [0.15, 0.2) is 0 Å². The van der Waals surface area contributed by atoms with Crippen LogP contribution in [0.4, 0.5) is 10.5 Å². The highest BCUT2D eigenvalue weighted by atomic mass is 16.3. The van der Waals surface area contributed by atoms with E-state index in [4.69, 9.17) is 5.11 Å². The average Bonchev–Trinajstić information content (AvgIpc) is 2.93. The van der Waals surface area contributed by atoms with Crippen LogP contribution in [0.3, 0.4) is 0 Å². The molecule has 1 aliphatic carbocycles. The minimum atomic E-state index is -0.181. The third kappa shape index (κ3) is 5.31. The minimum absolute atomic E-state index is 0.181. The normalized spacial score (nSPS) is 21.8. The van der Waals surface area contributed by atoms with Crippen LogP contribution in [-0.4, -0.2) is 59.1 Å². The van der Waals surface area contributed by atoms with Crippen molar-refractivity contribution in [3.05, 3.63) is 12.4 Å². The lowest BCUT2D eigenvalue weighted by molar-refractivity contribution is 0.176. The summed E-state index contributed by atoms with van der Waals surface area (Å²) < 4.78 is 1.82. The van der Waals surface area contributed by atoms with Crippen molar-refractivity contribution >= 4 is 11.7 Å². The van der Waals surface area contributed by atoms with E-state index in [9.17, 15) is 4.79 Å². The van der Waals surface area contributed by atoms with Gasteiger partial charge in [0.2, 0.25) is 0 Å². The van der Waals surface area contributed by atoms with E-state index in [1.165, 1.54) is 0 Å². The summed E-state index contributed by atoms with van der Waals surface area (Å²) in [5, 5.41) is 19.2. The van der Waals surface area contributed by atoms with Crippen molar-refractivity contribution in [2.24, 2.45) is 5.92 Å². The molecule has 0 unspecified atom stereocenters. The molecule has 7 heteroatoms. The summed E-state index contributed by atoms with van der Waals surface area (Å²) in [5.74, 6) is 0.399. The van der Waals surface area contributed by atoms with Gasteiger partial charge in [-0.1, -0.05) is 0 Å². The highest BCUT2D eigenvalue weighted by Crippen LogP contribution is 2.23. The number of carbonyl (C=O) groups excluding carboxylic acids is 1. The van der Waals surface area contributed by atoms with Crippen molar-refractivity contribution in [1.29, 1.82) is 0 Å². The number of carbonyl (C=O) groups is 1. The molecule has 0 saturated heterocycles. The third-order valence-electron chi connectivity index (χ3n) is 4.11. The maximum atomic E-state index is 12.0. The first kappa shape index (κ1) is 16.8. The zero-order valence-corrected chi connectivity index (χ0v) is 13.5. The van der Waals surface area contributed by atoms with Crippen molar-refractivity contribution in [3.63, 3.8) is 0 Å². The van der Waals surface area contributed by atoms with E-state index >= 15 is 0 Å². The SMILES string of the molecule is CN(C)CCn1cc(NC(=O)NC2CCC(CO)CC2)cn1. The number of amides is 2. The van der Waals surface area contributed by atoms with Crippen LogP contribution in [0.1, 0.15) is 25.7 Å². The summed E-state index contributed by atoms with van der Waals surface area (Å²) in [6.07, 6.45) is 7.32. The summed E-state index contributed by atoms with van der Waals surface area (Å²) in [6.45, 7) is 1.95. The topological polar surface area (TPSA) is 82.4 Å². The molecule has 22 heavy (non-hydrogen) atoms. The van der Waals surface area contributed by atoms with E-state index < -0.39 is 0 Å². The number of hydrogen-bond donors (Lipinski definition) is 3. The lowest BCUT2D eigenvalue weighted by Gasteiger charge is -2.27. The van der Waals surface area contributed by atoms with Crippen LogP contribution in [0, 0.1) is 5.92 Å². The highest BCUT2D eigenvalue weighted by molar-refractivity contribution is 5.89. The van der Waals surface area contributed by atoms with Crippen LogP contribution in [-0.2, 0) is 6.54 Å². The Bertz CT molecular complexity index is 466. The quantitative estimate of drug-likeness (QED) is 0.735. The molecule has 1 heterocycles. The molecule has 1 aromatic heterocycles. The van der Waals surface area contributed by atoms with Crippen LogP contribution >= 0.6 is 0 Å². The summed E-state index contributed by atoms with van der Waals surface area (Å²) >= 11 is 0. The van der Waals surface area contributed by atoms with E-state index in [0.717, 1.165) is 38.8 Å². The third-order valence-corrected chi connectivity index (χ3v) is 4.11. The fraction of sp³-hybridized carbons (Fsp3) is 0.733. The number of urea groups is 1. The van der Waals surface area contributed by atoms with Crippen LogP contribution in [0.15, 0.2) is 12.4 Å². The van der Waals surface area contributed by atoms with Gasteiger partial charge in [-0.2, -0.15) is 5.10 Å². The molecule has 3 N–H and O–H groups in total. The number of rotatable bonds is 6. The number of likely N-dealkylation sites (N-methyl/N-ethyl adjacent to an activating group) is 1. The lowest BCUT2D eigenvalue weighted by Crippen LogP contribution is -2.40. The Kier molecular flexibility index (Phi) is 6.21. The standard InChI is InChI=1S/C15H27N5O2/c1-19(2)7-8-20-10-14(9-16-20)18-15(22)17-13-5-3-12(11-21)4-6-13/h9-10,12-13,21H,3-8,11H2,1-2H3,(H2,17,18,22). The molecule has 124 valence electrons. The second kappa shape index (κ2) is 8.14. The van der Waals surface area contributed by atoms with Crippen LogP contribution in [0.5, 0.6) is 0 Å². The maximum Gasteiger partial charge on any atom is 0.319 e. The zero-order valence-electron chi connectivity index (χ0n) is 13.5. The number of nitrogens with zero attached hydrogens (tertiary/aromatic N) is 3. The van der Waals surface area contributed by atoms with Gasteiger partial charge in [-0.15, -0.1) is 0 Å². The number of aromatic nitrogens is 2.